The molecule has 0 bridgehead atoms. The van der Waals surface area contributed by atoms with E-state index in [1.165, 1.54) is 0 Å². The third-order valence-corrected chi connectivity index (χ3v) is 12.6. The summed E-state index contributed by atoms with van der Waals surface area (Å²) in [6.45, 7) is 12.1. The summed E-state index contributed by atoms with van der Waals surface area (Å²) in [5, 5.41) is 19.8. The van der Waals surface area contributed by atoms with Crippen molar-refractivity contribution in [3.63, 3.8) is 0 Å². The summed E-state index contributed by atoms with van der Waals surface area (Å²) in [5.41, 5.74) is 12.3. The standard InChI is InChI=1S/C25H27N9.C23H22N8.C2H6/c1-32(2)17-10-16(13-26-14-17)21-11-18-23(15-28-21)30-31-24(18)22-12-19-20(29-22)4-5-27-25(19)34-8-6-33(3)7-9-34;1-30-7-9-31(10-8-30)23-17-12-20(27-18(17)4-6-25-23)22-16-11-19(15-3-2-5-24-13-15)26-14-21(16)28-29-22;1-2/h4-5,10-15,29H,6-9H2,1-3H3,(H,30,31);2-6,11-14,27H,7-10H2,1H3,(H,28,29);1-2H3. The van der Waals surface area contributed by atoms with E-state index in [-0.39, 0.29) is 0 Å². The van der Waals surface area contributed by atoms with E-state index in [4.69, 9.17) is 9.97 Å². The van der Waals surface area contributed by atoms with Crippen molar-refractivity contribution in [2.45, 2.75) is 13.8 Å². The number of hydrogen-bond donors (Lipinski definition) is 4. The monoisotopic (exact) mass is 893 g/mol. The van der Waals surface area contributed by atoms with Gasteiger partial charge in [-0.05, 0) is 68.7 Å². The molecule has 12 rings (SSSR count). The molecule has 2 aliphatic heterocycles. The Hall–Kier alpha value is -7.76. The van der Waals surface area contributed by atoms with Gasteiger partial charge in [0.05, 0.1) is 69.1 Å². The molecule has 2 fully saturated rings. The predicted octanol–water partition coefficient (Wildman–Crippen LogP) is 7.72. The molecule has 2 aliphatic rings. The minimum atomic E-state index is 0.863. The van der Waals surface area contributed by atoms with Crippen LogP contribution >= 0.6 is 0 Å². The van der Waals surface area contributed by atoms with Crippen molar-refractivity contribution >= 4 is 60.9 Å². The first-order valence-corrected chi connectivity index (χ1v) is 22.9. The number of rotatable bonds is 7. The molecule has 2 saturated heterocycles. The topological polar surface area (TPSA) is 182 Å². The molecule has 17 heteroatoms. The summed E-state index contributed by atoms with van der Waals surface area (Å²) in [5.74, 6) is 2.06. The molecule has 0 aliphatic carbocycles. The summed E-state index contributed by atoms with van der Waals surface area (Å²) < 4.78 is 0. The summed E-state index contributed by atoms with van der Waals surface area (Å²) in [7, 11) is 8.34. The molecule has 10 aromatic rings. The molecular weight excluding hydrogens is 839 g/mol. The van der Waals surface area contributed by atoms with Gasteiger partial charge in [0.1, 0.15) is 23.0 Å². The van der Waals surface area contributed by atoms with Crippen molar-refractivity contribution in [1.82, 2.24) is 70.1 Å². The van der Waals surface area contributed by atoms with Crippen LogP contribution in [0.2, 0.25) is 0 Å². The molecule has 0 aromatic carbocycles. The number of aromatic nitrogens is 12. The molecule has 4 N–H and O–H groups in total. The lowest BCUT2D eigenvalue weighted by atomic mass is 10.1. The number of H-pyrrole nitrogens is 4. The second-order valence-electron chi connectivity index (χ2n) is 17.1. The third-order valence-electron chi connectivity index (χ3n) is 12.6. The van der Waals surface area contributed by atoms with Crippen LogP contribution in [0.25, 0.3) is 88.9 Å². The molecule has 12 heterocycles. The molecular formula is C50H55N17. The van der Waals surface area contributed by atoms with Gasteiger partial charge in [0.2, 0.25) is 0 Å². The molecule has 0 unspecified atom stereocenters. The van der Waals surface area contributed by atoms with E-state index in [0.717, 1.165) is 159 Å². The van der Waals surface area contributed by atoms with Gasteiger partial charge in [-0.3, -0.25) is 30.1 Å². The fourth-order valence-electron chi connectivity index (χ4n) is 8.76. The lowest BCUT2D eigenvalue weighted by molar-refractivity contribution is 0.312. The van der Waals surface area contributed by atoms with E-state index in [0.29, 0.717) is 0 Å². The summed E-state index contributed by atoms with van der Waals surface area (Å²) in [6, 6.07) is 18.5. The Morgan fingerprint density at radius 3 is 1.49 bits per heavy atom. The normalized spacial score (nSPS) is 14.7. The summed E-state index contributed by atoms with van der Waals surface area (Å²) in [6.07, 6.45) is 14.7. The van der Waals surface area contributed by atoms with Crippen molar-refractivity contribution in [3.8, 4) is 45.3 Å². The van der Waals surface area contributed by atoms with Crippen molar-refractivity contribution < 1.29 is 0 Å². The van der Waals surface area contributed by atoms with E-state index in [2.05, 4.69) is 114 Å². The van der Waals surface area contributed by atoms with Gasteiger partial charge in [-0.25, -0.2) is 9.97 Å². The molecule has 0 amide bonds. The minimum Gasteiger partial charge on any atom is -0.376 e. The van der Waals surface area contributed by atoms with E-state index in [1.54, 1.807) is 6.20 Å². The van der Waals surface area contributed by atoms with Crippen LogP contribution in [0.3, 0.4) is 0 Å². The lowest BCUT2D eigenvalue weighted by Gasteiger charge is -2.33. The predicted molar refractivity (Wildman–Crippen MR) is 270 cm³/mol. The maximum atomic E-state index is 4.73. The molecule has 0 atom stereocenters. The van der Waals surface area contributed by atoms with Crippen molar-refractivity contribution in [2.24, 2.45) is 0 Å². The Morgan fingerprint density at radius 2 is 1.00 bits per heavy atom. The molecule has 67 heavy (non-hydrogen) atoms. The lowest BCUT2D eigenvalue weighted by Crippen LogP contribution is -2.44. The number of hydrogen-bond acceptors (Lipinski definition) is 13. The van der Waals surface area contributed by atoms with E-state index in [1.807, 2.05) is 100 Å². The van der Waals surface area contributed by atoms with Gasteiger partial charge in [-0.1, -0.05) is 13.8 Å². The van der Waals surface area contributed by atoms with Crippen molar-refractivity contribution in [3.05, 3.63) is 104 Å². The quantitative estimate of drug-likeness (QED) is 0.122. The van der Waals surface area contributed by atoms with Gasteiger partial charge in [0.25, 0.3) is 0 Å². The Morgan fingerprint density at radius 1 is 0.493 bits per heavy atom. The first-order chi connectivity index (χ1) is 32.8. The van der Waals surface area contributed by atoms with Gasteiger partial charge < -0.3 is 34.5 Å². The van der Waals surface area contributed by atoms with Crippen LogP contribution in [-0.4, -0.2) is 151 Å². The average molecular weight is 894 g/mol. The van der Waals surface area contributed by atoms with Gasteiger partial charge in [0, 0.05) is 130 Å². The average Bonchev–Trinajstić information content (AvgIpc) is 4.20. The SMILES string of the molecule is CC.CN1CCN(c2nccc3[nH]c(-c4n[nH]c5cnc(-c6cccnc6)cc45)cc23)CC1.CN1CCN(c2nccc3[nH]c(-c4n[nH]c5cnc(-c6cncc(N(C)C)c6)cc45)cc23)CC1. The van der Waals surface area contributed by atoms with E-state index in [9.17, 15) is 0 Å². The number of piperazine rings is 2. The van der Waals surface area contributed by atoms with Crippen LogP contribution in [0.5, 0.6) is 0 Å². The number of pyridine rings is 6. The van der Waals surface area contributed by atoms with Crippen LogP contribution in [0.15, 0.2) is 104 Å². The second-order valence-corrected chi connectivity index (χ2v) is 17.1. The summed E-state index contributed by atoms with van der Waals surface area (Å²) in [4.78, 5) is 45.8. The number of nitrogens with zero attached hydrogens (tertiary/aromatic N) is 13. The Labute approximate surface area is 388 Å². The van der Waals surface area contributed by atoms with Crippen LogP contribution in [0.1, 0.15) is 13.8 Å². The fourth-order valence-corrected chi connectivity index (χ4v) is 8.76. The maximum absolute atomic E-state index is 4.73. The zero-order valence-corrected chi connectivity index (χ0v) is 38.8. The molecule has 0 saturated carbocycles. The second kappa shape index (κ2) is 18.6. The Balaban J connectivity index is 0.000000152. The van der Waals surface area contributed by atoms with Crippen LogP contribution in [0.4, 0.5) is 17.3 Å². The zero-order chi connectivity index (χ0) is 46.0. The fraction of sp³-hybridized carbons (Fsp3) is 0.280. The highest BCUT2D eigenvalue weighted by molar-refractivity contribution is 6.01. The Bertz CT molecular complexity index is 3280. The van der Waals surface area contributed by atoms with E-state index < -0.39 is 0 Å². The number of nitrogens with one attached hydrogen (secondary N) is 4. The highest BCUT2D eigenvalue weighted by atomic mass is 15.3. The van der Waals surface area contributed by atoms with Crippen molar-refractivity contribution in [1.29, 1.82) is 0 Å². The smallest absolute Gasteiger partial charge is 0.138 e. The third kappa shape index (κ3) is 8.61. The minimum absolute atomic E-state index is 0.863. The molecule has 340 valence electrons. The first kappa shape index (κ1) is 43.1. The number of fused-ring (bicyclic) bond motifs is 4. The van der Waals surface area contributed by atoms with Gasteiger partial charge in [-0.15, -0.1) is 0 Å². The number of anilines is 3. The van der Waals surface area contributed by atoms with Crippen molar-refractivity contribution in [2.75, 3.05) is 95.2 Å². The van der Waals surface area contributed by atoms with Gasteiger partial charge >= 0.3 is 0 Å². The van der Waals surface area contributed by atoms with Gasteiger partial charge in [-0.2, -0.15) is 10.2 Å². The highest BCUT2D eigenvalue weighted by Crippen LogP contribution is 2.36. The largest absolute Gasteiger partial charge is 0.376 e. The number of aromatic amines is 4. The Kier molecular flexibility index (Phi) is 12.0. The molecule has 0 spiro atoms. The van der Waals surface area contributed by atoms with E-state index >= 15 is 0 Å². The molecule has 0 radical (unpaired) electrons. The number of likely N-dealkylation sites (N-methyl/N-ethyl adjacent to an activating group) is 2. The van der Waals surface area contributed by atoms with Crippen LogP contribution in [-0.2, 0) is 0 Å². The summed E-state index contributed by atoms with van der Waals surface area (Å²) >= 11 is 0. The highest BCUT2D eigenvalue weighted by Gasteiger charge is 2.22. The zero-order valence-electron chi connectivity index (χ0n) is 38.8. The van der Waals surface area contributed by atoms with Crippen LogP contribution < -0.4 is 14.7 Å². The maximum Gasteiger partial charge on any atom is 0.138 e. The van der Waals surface area contributed by atoms with Gasteiger partial charge in [0.15, 0.2) is 0 Å². The molecule has 17 nitrogen and oxygen atoms in total. The molecule has 10 aromatic heterocycles. The van der Waals surface area contributed by atoms with Crippen LogP contribution in [0, 0.1) is 0 Å². The first-order valence-electron chi connectivity index (χ1n) is 22.9.